The van der Waals surface area contributed by atoms with Gasteiger partial charge in [-0.15, -0.1) is 0 Å². The lowest BCUT2D eigenvalue weighted by atomic mass is 10.1. The number of nitrogens with one attached hydrogen (secondary N) is 1. The molecule has 0 radical (unpaired) electrons. The average Bonchev–Trinajstić information content (AvgIpc) is 2.54. The van der Waals surface area contributed by atoms with E-state index in [9.17, 15) is 18.0 Å². The minimum absolute atomic E-state index is 0.0169. The molecule has 0 heterocycles. The first-order valence-electron chi connectivity index (χ1n) is 8.08. The third kappa shape index (κ3) is 4.91. The van der Waals surface area contributed by atoms with Gasteiger partial charge in [0.2, 0.25) is 5.91 Å². The molecule has 2 aromatic carbocycles. The second-order valence-corrected chi connectivity index (χ2v) is 6.67. The van der Waals surface area contributed by atoms with Crippen molar-refractivity contribution >= 4 is 28.9 Å². The Kier molecular flexibility index (Phi) is 6.18. The van der Waals surface area contributed by atoms with Gasteiger partial charge in [-0.1, -0.05) is 35.4 Å². The van der Waals surface area contributed by atoms with Gasteiger partial charge >= 0.3 is 6.18 Å². The Morgan fingerprint density at radius 1 is 1.15 bits per heavy atom. The smallest absolute Gasteiger partial charge is 0.360 e. The van der Waals surface area contributed by atoms with E-state index in [2.05, 4.69) is 5.32 Å². The highest BCUT2D eigenvalue weighted by Gasteiger charge is 2.35. The van der Waals surface area contributed by atoms with E-state index in [0.29, 0.717) is 0 Å². The second-order valence-electron chi connectivity index (χ2n) is 6.27. The molecule has 0 saturated carbocycles. The standard InChI is InChI=1S/C19H20ClF3N2O/c1-12(2)25(14-9-7-13(3)8-10-14)11-17(26)24-18-15(19(21,22)23)5-4-6-16(18)20/h4-10,12H,11H2,1-3H3,(H,24,26). The number of nitrogens with zero attached hydrogens (tertiary/aromatic N) is 1. The molecule has 7 heteroatoms. The summed E-state index contributed by atoms with van der Waals surface area (Å²) in [5, 5.41) is 2.17. The van der Waals surface area contributed by atoms with Crippen LogP contribution in [-0.2, 0) is 11.0 Å². The molecule has 140 valence electrons. The van der Waals surface area contributed by atoms with E-state index in [0.717, 1.165) is 17.3 Å². The van der Waals surface area contributed by atoms with Gasteiger partial charge in [0, 0.05) is 11.7 Å². The summed E-state index contributed by atoms with van der Waals surface area (Å²) in [6.45, 7) is 5.67. The topological polar surface area (TPSA) is 32.3 Å². The first-order valence-corrected chi connectivity index (χ1v) is 8.46. The lowest BCUT2D eigenvalue weighted by Gasteiger charge is -2.28. The summed E-state index contributed by atoms with van der Waals surface area (Å²) in [6.07, 6.45) is -4.61. The molecule has 0 atom stereocenters. The molecule has 0 aliphatic rings. The van der Waals surface area contributed by atoms with Crippen molar-refractivity contribution in [3.05, 3.63) is 58.6 Å². The summed E-state index contributed by atoms with van der Waals surface area (Å²) in [7, 11) is 0. The van der Waals surface area contributed by atoms with Gasteiger partial charge in [0.25, 0.3) is 0 Å². The summed E-state index contributed by atoms with van der Waals surface area (Å²) >= 11 is 5.88. The lowest BCUT2D eigenvalue weighted by molar-refractivity contribution is -0.137. The number of carbonyl (C=O) groups excluding carboxylic acids is 1. The number of hydrogen-bond donors (Lipinski definition) is 1. The first-order chi connectivity index (χ1) is 12.1. The summed E-state index contributed by atoms with van der Waals surface area (Å²) in [4.78, 5) is 14.2. The van der Waals surface area contributed by atoms with Crippen molar-refractivity contribution in [2.75, 3.05) is 16.8 Å². The summed E-state index contributed by atoms with van der Waals surface area (Å²) in [5.41, 5.74) is 0.507. The number of carbonyl (C=O) groups is 1. The Morgan fingerprint density at radius 2 is 1.77 bits per heavy atom. The van der Waals surface area contributed by atoms with Crippen LogP contribution >= 0.6 is 11.6 Å². The van der Waals surface area contributed by atoms with E-state index < -0.39 is 23.3 Å². The fraction of sp³-hybridized carbons (Fsp3) is 0.316. The first kappa shape index (κ1) is 20.1. The minimum Gasteiger partial charge on any atom is -0.360 e. The van der Waals surface area contributed by atoms with E-state index in [1.165, 1.54) is 12.1 Å². The van der Waals surface area contributed by atoms with Gasteiger partial charge in [-0.25, -0.2) is 0 Å². The molecule has 0 fully saturated rings. The molecule has 3 nitrogen and oxygen atoms in total. The number of rotatable bonds is 5. The number of halogens is 4. The molecule has 1 amide bonds. The predicted octanol–water partition coefficient (Wildman–Crippen LogP) is 5.52. The Bertz CT molecular complexity index is 773. The lowest BCUT2D eigenvalue weighted by Crippen LogP contribution is -2.38. The average molecular weight is 385 g/mol. The zero-order valence-corrected chi connectivity index (χ0v) is 15.4. The van der Waals surface area contributed by atoms with Crippen molar-refractivity contribution in [1.29, 1.82) is 0 Å². The van der Waals surface area contributed by atoms with E-state index in [1.807, 2.05) is 45.0 Å². The molecule has 0 aromatic heterocycles. The van der Waals surface area contributed by atoms with Crippen molar-refractivity contribution in [2.24, 2.45) is 0 Å². The molecule has 0 spiro atoms. The molecular weight excluding hydrogens is 365 g/mol. The SMILES string of the molecule is Cc1ccc(N(CC(=O)Nc2c(Cl)cccc2C(F)(F)F)C(C)C)cc1. The van der Waals surface area contributed by atoms with Crippen LogP contribution < -0.4 is 10.2 Å². The van der Waals surface area contributed by atoms with Gasteiger partial charge < -0.3 is 10.2 Å². The third-order valence-corrected chi connectivity index (χ3v) is 4.20. The quantitative estimate of drug-likeness (QED) is 0.736. The van der Waals surface area contributed by atoms with Crippen molar-refractivity contribution < 1.29 is 18.0 Å². The Balaban J connectivity index is 2.23. The van der Waals surface area contributed by atoms with Gasteiger partial charge in [0.1, 0.15) is 0 Å². The van der Waals surface area contributed by atoms with Crippen LogP contribution in [0.2, 0.25) is 5.02 Å². The van der Waals surface area contributed by atoms with Crippen LogP contribution in [0.25, 0.3) is 0 Å². The molecule has 0 aliphatic heterocycles. The van der Waals surface area contributed by atoms with Gasteiger partial charge in [0.05, 0.1) is 22.8 Å². The molecule has 26 heavy (non-hydrogen) atoms. The number of benzene rings is 2. The molecular formula is C19H20ClF3N2O. The van der Waals surface area contributed by atoms with Gasteiger partial charge in [-0.05, 0) is 45.0 Å². The number of hydrogen-bond acceptors (Lipinski definition) is 2. The van der Waals surface area contributed by atoms with E-state index in [1.54, 1.807) is 4.90 Å². The largest absolute Gasteiger partial charge is 0.418 e. The highest BCUT2D eigenvalue weighted by Crippen LogP contribution is 2.38. The van der Waals surface area contributed by atoms with Crippen LogP contribution in [0, 0.1) is 6.92 Å². The molecule has 0 bridgehead atoms. The van der Waals surface area contributed by atoms with Crippen LogP contribution in [0.3, 0.4) is 0 Å². The monoisotopic (exact) mass is 384 g/mol. The maximum Gasteiger partial charge on any atom is 0.418 e. The maximum absolute atomic E-state index is 13.2. The molecule has 2 aromatic rings. The molecule has 1 N–H and O–H groups in total. The highest BCUT2D eigenvalue weighted by atomic mass is 35.5. The normalized spacial score (nSPS) is 11.5. The second kappa shape index (κ2) is 7.99. The van der Waals surface area contributed by atoms with Crippen LogP contribution in [0.1, 0.15) is 25.0 Å². The number of para-hydroxylation sites is 1. The Labute approximate surface area is 155 Å². The van der Waals surface area contributed by atoms with Gasteiger partial charge in [-0.2, -0.15) is 13.2 Å². The van der Waals surface area contributed by atoms with Crippen molar-refractivity contribution in [1.82, 2.24) is 0 Å². The summed E-state index contributed by atoms with van der Waals surface area (Å²) in [5.74, 6) is -0.571. The number of alkyl halides is 3. The Morgan fingerprint density at radius 3 is 2.31 bits per heavy atom. The van der Waals surface area contributed by atoms with Crippen LogP contribution in [-0.4, -0.2) is 18.5 Å². The Hall–Kier alpha value is -2.21. The van der Waals surface area contributed by atoms with Gasteiger partial charge in [0.15, 0.2) is 0 Å². The van der Waals surface area contributed by atoms with Crippen LogP contribution in [0.4, 0.5) is 24.5 Å². The van der Waals surface area contributed by atoms with E-state index >= 15 is 0 Å². The van der Waals surface area contributed by atoms with Gasteiger partial charge in [-0.3, -0.25) is 4.79 Å². The fourth-order valence-corrected chi connectivity index (χ4v) is 2.75. The highest BCUT2D eigenvalue weighted by molar-refractivity contribution is 6.34. The van der Waals surface area contributed by atoms with E-state index in [4.69, 9.17) is 11.6 Å². The van der Waals surface area contributed by atoms with Crippen molar-refractivity contribution in [2.45, 2.75) is 33.0 Å². The van der Waals surface area contributed by atoms with Crippen LogP contribution in [0.15, 0.2) is 42.5 Å². The third-order valence-electron chi connectivity index (χ3n) is 3.89. The predicted molar refractivity (Wildman–Crippen MR) is 98.7 cm³/mol. The number of anilines is 2. The van der Waals surface area contributed by atoms with Crippen molar-refractivity contribution in [3.63, 3.8) is 0 Å². The fourth-order valence-electron chi connectivity index (χ4n) is 2.53. The summed E-state index contributed by atoms with van der Waals surface area (Å²) in [6, 6.07) is 11.0. The number of aryl methyl sites for hydroxylation is 1. The number of amides is 1. The summed E-state index contributed by atoms with van der Waals surface area (Å²) < 4.78 is 39.5. The molecule has 0 unspecified atom stereocenters. The zero-order valence-electron chi connectivity index (χ0n) is 14.7. The van der Waals surface area contributed by atoms with Crippen molar-refractivity contribution in [3.8, 4) is 0 Å². The molecule has 2 rings (SSSR count). The maximum atomic E-state index is 13.2. The zero-order chi connectivity index (χ0) is 19.5. The molecule has 0 saturated heterocycles. The minimum atomic E-state index is -4.61. The van der Waals surface area contributed by atoms with E-state index in [-0.39, 0.29) is 17.6 Å². The molecule has 0 aliphatic carbocycles. The van der Waals surface area contributed by atoms with Crippen LogP contribution in [0.5, 0.6) is 0 Å².